The van der Waals surface area contributed by atoms with Crippen LogP contribution in [0.5, 0.6) is 0 Å². The van der Waals surface area contributed by atoms with Gasteiger partial charge in [0, 0.05) is 28.2 Å². The summed E-state index contributed by atoms with van der Waals surface area (Å²) in [4.78, 5) is 21.3. The van der Waals surface area contributed by atoms with E-state index in [1.165, 1.54) is 18.6 Å². The van der Waals surface area contributed by atoms with Crippen LogP contribution in [-0.2, 0) is 0 Å². The van der Waals surface area contributed by atoms with Gasteiger partial charge < -0.3 is 9.80 Å². The zero-order valence-corrected chi connectivity index (χ0v) is 11.7. The fourth-order valence-electron chi connectivity index (χ4n) is 1.31. The van der Waals surface area contributed by atoms with Crippen LogP contribution in [0.25, 0.3) is 6.08 Å². The highest BCUT2D eigenvalue weighted by atomic mass is 19.1. The molecule has 0 saturated carbocycles. The largest absolute Gasteiger partial charge is 0.383 e. The van der Waals surface area contributed by atoms with Crippen molar-refractivity contribution < 1.29 is 9.31 Å². The molecule has 0 fully saturated rings. The molecule has 0 N–H and O–H groups in total. The molecule has 0 amide bonds. The van der Waals surface area contributed by atoms with Gasteiger partial charge >= 0.3 is 5.69 Å². The first kappa shape index (κ1) is 15.5. The van der Waals surface area contributed by atoms with Crippen molar-refractivity contribution >= 4 is 23.9 Å². The second-order valence-electron chi connectivity index (χ2n) is 4.44. The lowest BCUT2D eigenvalue weighted by Crippen LogP contribution is -2.07. The summed E-state index contributed by atoms with van der Waals surface area (Å²) in [5.74, 6) is -0.901. The Morgan fingerprint density at radius 1 is 1.35 bits per heavy atom. The summed E-state index contributed by atoms with van der Waals surface area (Å²) in [6.45, 7) is 0. The summed E-state index contributed by atoms with van der Waals surface area (Å²) in [5.41, 5.74) is -0.606. The monoisotopic (exact) mass is 281 g/mol. The molecule has 20 heavy (non-hydrogen) atoms. The number of rotatable bonds is 5. The number of aliphatic imine (C=N–C) groups is 1. The number of nitrogens with zero attached hydrogens (tertiary/aromatic N) is 5. The Bertz CT molecular complexity index is 555. The first-order valence-corrected chi connectivity index (χ1v) is 5.71. The third kappa shape index (κ3) is 4.01. The molecule has 0 aliphatic heterocycles. The van der Waals surface area contributed by atoms with E-state index in [1.807, 2.05) is 0 Å². The van der Waals surface area contributed by atoms with Gasteiger partial charge in [0.2, 0.25) is 5.82 Å². The summed E-state index contributed by atoms with van der Waals surface area (Å²) in [6, 6.07) is 0. The van der Waals surface area contributed by atoms with Crippen LogP contribution in [0.15, 0.2) is 17.4 Å². The molecule has 0 aliphatic rings. The van der Waals surface area contributed by atoms with Crippen LogP contribution in [0.4, 0.5) is 15.9 Å². The first-order valence-electron chi connectivity index (χ1n) is 5.71. The lowest BCUT2D eigenvalue weighted by molar-refractivity contribution is -0.384. The molecule has 1 aromatic rings. The molecule has 0 unspecified atom stereocenters. The van der Waals surface area contributed by atoms with E-state index < -0.39 is 16.4 Å². The van der Waals surface area contributed by atoms with Gasteiger partial charge in [0.15, 0.2) is 5.82 Å². The SMILES string of the molecule is CN(C)/C=C/c1c(F)cnc(/N=C/N(C)C)c1[N+](=O)[O-]. The Morgan fingerprint density at radius 3 is 2.50 bits per heavy atom. The lowest BCUT2D eigenvalue weighted by Gasteiger charge is -2.06. The molecular formula is C12H16FN5O2. The Morgan fingerprint density at radius 2 is 2.00 bits per heavy atom. The van der Waals surface area contributed by atoms with Crippen molar-refractivity contribution in [2.24, 2.45) is 4.99 Å². The number of pyridine rings is 1. The summed E-state index contributed by atoms with van der Waals surface area (Å²) < 4.78 is 13.7. The van der Waals surface area contributed by atoms with Crippen molar-refractivity contribution in [1.29, 1.82) is 0 Å². The normalized spacial score (nSPS) is 11.2. The average Bonchev–Trinajstić information content (AvgIpc) is 2.34. The van der Waals surface area contributed by atoms with Crippen LogP contribution in [0.2, 0.25) is 0 Å². The molecule has 0 radical (unpaired) electrons. The number of hydrogen-bond acceptors (Lipinski definition) is 5. The topological polar surface area (TPSA) is 74.9 Å². The van der Waals surface area contributed by atoms with Crippen molar-refractivity contribution in [2.75, 3.05) is 28.2 Å². The van der Waals surface area contributed by atoms with Crippen molar-refractivity contribution in [1.82, 2.24) is 14.8 Å². The highest BCUT2D eigenvalue weighted by Gasteiger charge is 2.23. The van der Waals surface area contributed by atoms with Crippen LogP contribution >= 0.6 is 0 Å². The van der Waals surface area contributed by atoms with Gasteiger partial charge in [-0.3, -0.25) is 10.1 Å². The maximum absolute atomic E-state index is 13.7. The van der Waals surface area contributed by atoms with E-state index in [4.69, 9.17) is 0 Å². The molecule has 8 heteroatoms. The van der Waals surface area contributed by atoms with Crippen LogP contribution in [0, 0.1) is 15.9 Å². The molecular weight excluding hydrogens is 265 g/mol. The predicted molar refractivity (Wildman–Crippen MR) is 75.4 cm³/mol. The zero-order chi connectivity index (χ0) is 15.3. The summed E-state index contributed by atoms with van der Waals surface area (Å²) >= 11 is 0. The quantitative estimate of drug-likeness (QED) is 0.356. The third-order valence-electron chi connectivity index (χ3n) is 2.16. The molecule has 0 spiro atoms. The van der Waals surface area contributed by atoms with Crippen LogP contribution in [-0.4, -0.2) is 54.2 Å². The Kier molecular flexibility index (Phi) is 5.13. The van der Waals surface area contributed by atoms with Gasteiger partial charge in [0.05, 0.1) is 23.0 Å². The van der Waals surface area contributed by atoms with Gasteiger partial charge in [-0.25, -0.2) is 14.4 Å². The molecule has 1 heterocycles. The Balaban J connectivity index is 3.41. The third-order valence-corrected chi connectivity index (χ3v) is 2.16. The van der Waals surface area contributed by atoms with Crippen molar-refractivity contribution in [3.05, 3.63) is 33.9 Å². The second kappa shape index (κ2) is 6.60. The van der Waals surface area contributed by atoms with Crippen LogP contribution < -0.4 is 0 Å². The fourth-order valence-corrected chi connectivity index (χ4v) is 1.31. The second-order valence-corrected chi connectivity index (χ2v) is 4.44. The molecule has 0 bridgehead atoms. The first-order chi connectivity index (χ1) is 9.32. The maximum Gasteiger partial charge on any atom is 0.323 e. The van der Waals surface area contributed by atoms with E-state index in [-0.39, 0.29) is 11.4 Å². The van der Waals surface area contributed by atoms with E-state index in [2.05, 4.69) is 9.98 Å². The average molecular weight is 281 g/mol. The van der Waals surface area contributed by atoms with Crippen molar-refractivity contribution in [2.45, 2.75) is 0 Å². The minimum atomic E-state index is -0.765. The van der Waals surface area contributed by atoms with E-state index >= 15 is 0 Å². The maximum atomic E-state index is 13.7. The zero-order valence-electron chi connectivity index (χ0n) is 11.7. The van der Waals surface area contributed by atoms with E-state index in [1.54, 1.807) is 38.0 Å². The number of halogens is 1. The van der Waals surface area contributed by atoms with Gasteiger partial charge in [-0.05, 0) is 12.3 Å². The summed E-state index contributed by atoms with van der Waals surface area (Å²) in [5, 5.41) is 11.1. The minimum Gasteiger partial charge on any atom is -0.383 e. The predicted octanol–water partition coefficient (Wildman–Crippen LogP) is 1.88. The summed E-state index contributed by atoms with van der Waals surface area (Å²) in [6.07, 6.45) is 5.13. The Hall–Kier alpha value is -2.51. The van der Waals surface area contributed by atoms with Gasteiger partial charge in [-0.15, -0.1) is 0 Å². The number of nitro groups is 1. The molecule has 7 nitrogen and oxygen atoms in total. The number of hydrogen-bond donors (Lipinski definition) is 0. The Labute approximate surface area is 116 Å². The smallest absolute Gasteiger partial charge is 0.323 e. The molecule has 1 aromatic heterocycles. The van der Waals surface area contributed by atoms with Gasteiger partial charge in [0.1, 0.15) is 0 Å². The van der Waals surface area contributed by atoms with Gasteiger partial charge in [-0.2, -0.15) is 0 Å². The summed E-state index contributed by atoms with van der Waals surface area (Å²) in [7, 11) is 6.89. The highest BCUT2D eigenvalue weighted by Crippen LogP contribution is 2.31. The fraction of sp³-hybridized carbons (Fsp3) is 0.333. The molecule has 1 rings (SSSR count). The van der Waals surface area contributed by atoms with Gasteiger partial charge in [0.25, 0.3) is 0 Å². The molecule has 0 atom stereocenters. The van der Waals surface area contributed by atoms with E-state index in [0.29, 0.717) is 0 Å². The standard InChI is InChI=1S/C12H16FN5O2/c1-16(2)6-5-9-10(13)7-14-12(11(9)18(19)20)15-8-17(3)4/h5-8H,1-4H3/b6-5+,15-8+. The van der Waals surface area contributed by atoms with E-state index in [0.717, 1.165) is 6.20 Å². The van der Waals surface area contributed by atoms with Crippen LogP contribution in [0.1, 0.15) is 5.56 Å². The molecule has 0 aromatic carbocycles. The van der Waals surface area contributed by atoms with E-state index in [9.17, 15) is 14.5 Å². The minimum absolute atomic E-state index is 0.136. The van der Waals surface area contributed by atoms with Crippen molar-refractivity contribution in [3.8, 4) is 0 Å². The molecule has 0 saturated heterocycles. The van der Waals surface area contributed by atoms with Crippen LogP contribution in [0.3, 0.4) is 0 Å². The molecule has 0 aliphatic carbocycles. The highest BCUT2D eigenvalue weighted by molar-refractivity contribution is 5.72. The number of aromatic nitrogens is 1. The lowest BCUT2D eigenvalue weighted by atomic mass is 10.2. The van der Waals surface area contributed by atoms with Gasteiger partial charge in [-0.1, -0.05) is 0 Å². The molecule has 108 valence electrons. The van der Waals surface area contributed by atoms with Crippen molar-refractivity contribution in [3.63, 3.8) is 0 Å².